The molecule has 2 aromatic rings. The maximum Gasteiger partial charge on any atom is 0.491 e. The molecule has 0 aromatic heterocycles. The van der Waals surface area contributed by atoms with Gasteiger partial charge in [0, 0.05) is 32.7 Å². The lowest BCUT2D eigenvalue weighted by molar-refractivity contribution is 0.147. The summed E-state index contributed by atoms with van der Waals surface area (Å²) in [5.41, 5.74) is 3.38. The number of rotatable bonds is 4. The van der Waals surface area contributed by atoms with Crippen molar-refractivity contribution in [2.75, 3.05) is 33.2 Å². The van der Waals surface area contributed by atoms with E-state index in [1.165, 1.54) is 0 Å². The first-order valence-electron chi connectivity index (χ1n) is 9.14. The van der Waals surface area contributed by atoms with Crippen LogP contribution in [-0.2, 0) is 17.8 Å². The molecule has 1 fully saturated rings. The lowest BCUT2D eigenvalue weighted by Crippen LogP contribution is -2.43. The number of benzene rings is 2. The molecule has 2 aliphatic heterocycles. The highest BCUT2D eigenvalue weighted by Gasteiger charge is 2.27. The molecule has 146 valence electrons. The largest absolute Gasteiger partial charge is 0.491 e. The van der Waals surface area contributed by atoms with Gasteiger partial charge in [-0.1, -0.05) is 19.6 Å². The van der Waals surface area contributed by atoms with Gasteiger partial charge in [-0.15, -0.1) is 0 Å². The first-order valence-corrected chi connectivity index (χ1v) is 9.14. The Morgan fingerprint density at radius 2 is 1.96 bits per heavy atom. The van der Waals surface area contributed by atoms with E-state index < -0.39 is 7.12 Å². The van der Waals surface area contributed by atoms with Crippen molar-refractivity contribution >= 4 is 18.3 Å². The molecule has 1 saturated heterocycles. The van der Waals surface area contributed by atoms with Crippen molar-refractivity contribution in [2.45, 2.75) is 20.6 Å². The summed E-state index contributed by atoms with van der Waals surface area (Å²) in [7, 11) is 1.29. The van der Waals surface area contributed by atoms with E-state index in [1.54, 1.807) is 6.07 Å². The predicted molar refractivity (Wildman–Crippen MR) is 111 cm³/mol. The summed E-state index contributed by atoms with van der Waals surface area (Å²) in [4.78, 5) is 8.28. The molecule has 2 aromatic carbocycles. The van der Waals surface area contributed by atoms with Gasteiger partial charge in [-0.3, -0.25) is 4.90 Å². The second-order valence-corrected chi connectivity index (χ2v) is 7.11. The molecule has 0 bridgehead atoms. The molecular formula is C21H26BN3O3. The Hall–Kier alpha value is -2.37. The van der Waals surface area contributed by atoms with E-state index in [2.05, 4.69) is 21.7 Å². The topological polar surface area (TPSA) is 49.5 Å². The van der Waals surface area contributed by atoms with Gasteiger partial charge in [0.15, 0.2) is 5.69 Å². The Kier molecular flexibility index (Phi) is 6.37. The third kappa shape index (κ3) is 4.37. The molecular weight excluding hydrogens is 353 g/mol. The normalized spacial score (nSPS) is 17.0. The van der Waals surface area contributed by atoms with Gasteiger partial charge in [-0.25, -0.2) is 4.85 Å². The monoisotopic (exact) mass is 379 g/mol. The van der Waals surface area contributed by atoms with Gasteiger partial charge in [0.05, 0.1) is 13.2 Å². The van der Waals surface area contributed by atoms with Gasteiger partial charge < -0.3 is 19.3 Å². The lowest BCUT2D eigenvalue weighted by Gasteiger charge is -2.32. The third-order valence-electron chi connectivity index (χ3n) is 5.17. The van der Waals surface area contributed by atoms with E-state index in [0.717, 1.165) is 55.1 Å². The molecule has 2 aliphatic rings. The molecule has 0 unspecified atom stereocenters. The quantitative estimate of drug-likeness (QED) is 0.654. The summed E-state index contributed by atoms with van der Waals surface area (Å²) in [5.74, 6) is 1.47. The van der Waals surface area contributed by atoms with E-state index in [1.807, 2.05) is 30.3 Å². The highest BCUT2D eigenvalue weighted by atomic mass is 16.5. The van der Waals surface area contributed by atoms with Gasteiger partial charge in [-0.05, 0) is 47.9 Å². The molecule has 0 atom stereocenters. The van der Waals surface area contributed by atoms with Crippen LogP contribution in [0.2, 0.25) is 0 Å². The maximum atomic E-state index is 9.76. The molecule has 4 rings (SSSR count). The Labute approximate surface area is 167 Å². The van der Waals surface area contributed by atoms with Crippen molar-refractivity contribution in [1.82, 2.24) is 9.80 Å². The molecule has 1 N–H and O–H groups in total. The van der Waals surface area contributed by atoms with Gasteiger partial charge in [0.25, 0.3) is 0 Å². The second-order valence-electron chi connectivity index (χ2n) is 7.11. The fourth-order valence-corrected chi connectivity index (χ4v) is 3.50. The van der Waals surface area contributed by atoms with Crippen LogP contribution >= 0.6 is 0 Å². The van der Waals surface area contributed by atoms with Crippen LogP contribution in [0.4, 0.5) is 5.69 Å². The zero-order valence-electron chi connectivity index (χ0n) is 15.4. The Bertz CT molecular complexity index is 876. The number of nitrogens with zero attached hydrogens (tertiary/aromatic N) is 3. The van der Waals surface area contributed by atoms with E-state index in [0.29, 0.717) is 18.0 Å². The summed E-state index contributed by atoms with van der Waals surface area (Å²) >= 11 is 0. The van der Waals surface area contributed by atoms with Crippen LogP contribution in [0.25, 0.3) is 4.85 Å². The van der Waals surface area contributed by atoms with Gasteiger partial charge >= 0.3 is 7.12 Å². The molecule has 0 saturated carbocycles. The highest BCUT2D eigenvalue weighted by molar-refractivity contribution is 6.61. The van der Waals surface area contributed by atoms with Crippen molar-refractivity contribution in [1.29, 1.82) is 0 Å². The number of hydrogen-bond acceptors (Lipinski definition) is 5. The summed E-state index contributed by atoms with van der Waals surface area (Å²) in [6.07, 6.45) is 0. The van der Waals surface area contributed by atoms with Crippen molar-refractivity contribution < 1.29 is 14.4 Å². The standard InChI is InChI=1S/C20H22BN3O3.CH4/c1-22-17-3-6-20(15(11-17)13-24-9-7-23(2)8-10-24)27-18-4-5-19-16(12-18)14-26-21(19)25;/h3-6,11-12,25H,7-10,13-14H2,2H3;1H4. The van der Waals surface area contributed by atoms with E-state index in [9.17, 15) is 5.02 Å². The zero-order chi connectivity index (χ0) is 18.8. The van der Waals surface area contributed by atoms with Crippen molar-refractivity contribution in [2.24, 2.45) is 0 Å². The smallest absolute Gasteiger partial charge is 0.457 e. The lowest BCUT2D eigenvalue weighted by atomic mass is 9.80. The van der Waals surface area contributed by atoms with Crippen LogP contribution in [0, 0.1) is 6.57 Å². The first kappa shape index (κ1) is 20.4. The van der Waals surface area contributed by atoms with Gasteiger partial charge in [0.1, 0.15) is 11.5 Å². The SMILES string of the molecule is C.[C-]#[N+]c1ccc(Oc2ccc3c(c2)COB3O)c(CN2CCN(C)CC2)c1. The maximum absolute atomic E-state index is 9.76. The predicted octanol–water partition coefficient (Wildman–Crippen LogP) is 2.63. The van der Waals surface area contributed by atoms with Crippen molar-refractivity contribution in [3.63, 3.8) is 0 Å². The van der Waals surface area contributed by atoms with Crippen molar-refractivity contribution in [3.8, 4) is 11.5 Å². The zero-order valence-corrected chi connectivity index (χ0v) is 15.4. The molecule has 0 radical (unpaired) electrons. The number of piperazine rings is 1. The van der Waals surface area contributed by atoms with Gasteiger partial charge in [0.2, 0.25) is 0 Å². The van der Waals surface area contributed by atoms with Crippen LogP contribution in [0.5, 0.6) is 11.5 Å². The summed E-state index contributed by atoms with van der Waals surface area (Å²) < 4.78 is 11.4. The van der Waals surface area contributed by atoms with Crippen LogP contribution in [0.1, 0.15) is 18.6 Å². The number of likely N-dealkylation sites (N-methyl/N-ethyl adjacent to an activating group) is 1. The third-order valence-corrected chi connectivity index (χ3v) is 5.17. The summed E-state index contributed by atoms with van der Waals surface area (Å²) in [6, 6.07) is 11.2. The minimum absolute atomic E-state index is 0. The molecule has 7 heteroatoms. The first-order chi connectivity index (χ1) is 13.1. The Morgan fingerprint density at radius 1 is 1.18 bits per heavy atom. The average Bonchev–Trinajstić information content (AvgIpc) is 3.05. The highest BCUT2D eigenvalue weighted by Crippen LogP contribution is 2.31. The fraction of sp³-hybridized carbons (Fsp3) is 0.381. The van der Waals surface area contributed by atoms with Gasteiger partial charge in [-0.2, -0.15) is 0 Å². The van der Waals surface area contributed by atoms with E-state index in [4.69, 9.17) is 16.0 Å². The molecule has 2 heterocycles. The molecule has 28 heavy (non-hydrogen) atoms. The molecule has 0 spiro atoms. The minimum Gasteiger partial charge on any atom is -0.457 e. The Balaban J connectivity index is 0.00000225. The number of ether oxygens (including phenoxy) is 1. The van der Waals surface area contributed by atoms with Crippen LogP contribution in [0.15, 0.2) is 36.4 Å². The molecule has 0 aliphatic carbocycles. The summed E-state index contributed by atoms with van der Waals surface area (Å²) in [5, 5.41) is 9.76. The van der Waals surface area contributed by atoms with Crippen LogP contribution in [-0.4, -0.2) is 55.2 Å². The van der Waals surface area contributed by atoms with E-state index >= 15 is 0 Å². The average molecular weight is 379 g/mol. The second kappa shape index (κ2) is 8.76. The summed E-state index contributed by atoms with van der Waals surface area (Å²) in [6.45, 7) is 12.6. The minimum atomic E-state index is -0.847. The number of hydrogen-bond donors (Lipinski definition) is 1. The fourth-order valence-electron chi connectivity index (χ4n) is 3.50. The van der Waals surface area contributed by atoms with Crippen LogP contribution < -0.4 is 10.2 Å². The van der Waals surface area contributed by atoms with Crippen molar-refractivity contribution in [3.05, 3.63) is 58.9 Å². The molecule has 6 nitrogen and oxygen atoms in total. The Morgan fingerprint density at radius 3 is 2.71 bits per heavy atom. The number of fused-ring (bicyclic) bond motifs is 1. The molecule has 0 amide bonds. The van der Waals surface area contributed by atoms with E-state index in [-0.39, 0.29) is 7.43 Å². The van der Waals surface area contributed by atoms with Crippen LogP contribution in [0.3, 0.4) is 0 Å².